The molecule has 2 heteroatoms. The van der Waals surface area contributed by atoms with Crippen LogP contribution in [0.3, 0.4) is 0 Å². The van der Waals surface area contributed by atoms with Crippen molar-refractivity contribution in [2.24, 2.45) is 0 Å². The van der Waals surface area contributed by atoms with Crippen LogP contribution in [0, 0.1) is 0 Å². The molecular weight excluding hydrogens is 148 g/mol. The average molecular weight is 160 g/mol. The molecule has 0 aromatic carbocycles. The molecule has 0 saturated heterocycles. The van der Waals surface area contributed by atoms with Crippen LogP contribution in [-0.2, 0) is 0 Å². The van der Waals surface area contributed by atoms with E-state index < -0.39 is 0 Å². The molecule has 0 aliphatic rings. The molecule has 0 fully saturated rings. The Labute approximate surface area is 71.9 Å². The van der Waals surface area contributed by atoms with Crippen molar-refractivity contribution >= 4 is 5.52 Å². The van der Waals surface area contributed by atoms with E-state index in [2.05, 4.69) is 35.5 Å². The second kappa shape index (κ2) is 2.63. The molecule has 0 N–H and O–H groups in total. The van der Waals surface area contributed by atoms with E-state index in [1.54, 1.807) is 0 Å². The van der Waals surface area contributed by atoms with Gasteiger partial charge in [0.25, 0.3) is 0 Å². The number of hydrogen-bond acceptors (Lipinski definition) is 1. The number of nitrogens with zero attached hydrogens (tertiary/aromatic N) is 2. The first kappa shape index (κ1) is 7.35. The summed E-state index contributed by atoms with van der Waals surface area (Å²) < 4.78 is 2.18. The Balaban J connectivity index is 2.73. The van der Waals surface area contributed by atoms with Gasteiger partial charge in [-0.1, -0.05) is 13.8 Å². The summed E-state index contributed by atoms with van der Waals surface area (Å²) in [6, 6.07) is 4.11. The molecule has 0 spiro atoms. The summed E-state index contributed by atoms with van der Waals surface area (Å²) in [6.07, 6.45) is 5.88. The van der Waals surface area contributed by atoms with Crippen molar-refractivity contribution in [1.82, 2.24) is 9.38 Å². The van der Waals surface area contributed by atoms with Crippen molar-refractivity contribution < 1.29 is 0 Å². The van der Waals surface area contributed by atoms with Crippen molar-refractivity contribution in [2.45, 2.75) is 19.8 Å². The zero-order valence-corrected chi connectivity index (χ0v) is 7.36. The van der Waals surface area contributed by atoms with Crippen LogP contribution in [-0.4, -0.2) is 9.38 Å². The second-order valence-corrected chi connectivity index (χ2v) is 3.29. The zero-order chi connectivity index (χ0) is 8.55. The Kier molecular flexibility index (Phi) is 1.61. The Hall–Kier alpha value is -1.31. The van der Waals surface area contributed by atoms with Crippen LogP contribution in [0.25, 0.3) is 5.52 Å². The van der Waals surface area contributed by atoms with Crippen LogP contribution < -0.4 is 0 Å². The fraction of sp³-hybridized carbons (Fsp3) is 0.300. The minimum atomic E-state index is 0.522. The first-order valence-electron chi connectivity index (χ1n) is 4.20. The molecule has 2 aromatic heterocycles. The van der Waals surface area contributed by atoms with Crippen LogP contribution in [0.5, 0.6) is 0 Å². The molecule has 0 unspecified atom stereocenters. The van der Waals surface area contributed by atoms with Crippen LogP contribution in [0.1, 0.15) is 25.5 Å². The van der Waals surface area contributed by atoms with Gasteiger partial charge in [-0.15, -0.1) is 0 Å². The highest BCUT2D eigenvalue weighted by atomic mass is 14.9. The summed E-state index contributed by atoms with van der Waals surface area (Å²) in [7, 11) is 0. The van der Waals surface area contributed by atoms with E-state index in [1.807, 2.05) is 18.5 Å². The van der Waals surface area contributed by atoms with Gasteiger partial charge in [0.1, 0.15) is 0 Å². The van der Waals surface area contributed by atoms with Gasteiger partial charge in [0.05, 0.1) is 11.7 Å². The van der Waals surface area contributed by atoms with Crippen molar-refractivity contribution in [1.29, 1.82) is 0 Å². The van der Waals surface area contributed by atoms with Crippen molar-refractivity contribution in [3.8, 4) is 0 Å². The molecule has 0 amide bonds. The Morgan fingerprint density at radius 1 is 1.33 bits per heavy atom. The molecule has 0 radical (unpaired) electrons. The molecule has 2 nitrogen and oxygen atoms in total. The summed E-state index contributed by atoms with van der Waals surface area (Å²) in [5.41, 5.74) is 2.43. The topological polar surface area (TPSA) is 17.3 Å². The summed E-state index contributed by atoms with van der Waals surface area (Å²) in [4.78, 5) is 4.19. The van der Waals surface area contributed by atoms with E-state index in [9.17, 15) is 0 Å². The van der Waals surface area contributed by atoms with E-state index in [4.69, 9.17) is 0 Å². The largest absolute Gasteiger partial charge is 0.318 e. The average Bonchev–Trinajstić information content (AvgIpc) is 2.49. The van der Waals surface area contributed by atoms with Crippen LogP contribution in [0.4, 0.5) is 0 Å². The van der Waals surface area contributed by atoms with Gasteiger partial charge in [0, 0.05) is 18.1 Å². The fourth-order valence-corrected chi connectivity index (χ4v) is 1.41. The van der Waals surface area contributed by atoms with E-state index in [0.29, 0.717) is 5.92 Å². The quantitative estimate of drug-likeness (QED) is 0.626. The second-order valence-electron chi connectivity index (χ2n) is 3.29. The van der Waals surface area contributed by atoms with Crippen molar-refractivity contribution in [2.75, 3.05) is 0 Å². The van der Waals surface area contributed by atoms with Gasteiger partial charge in [-0.2, -0.15) is 0 Å². The molecule has 0 atom stereocenters. The predicted octanol–water partition coefficient (Wildman–Crippen LogP) is 2.46. The third kappa shape index (κ3) is 0.998. The van der Waals surface area contributed by atoms with E-state index in [-0.39, 0.29) is 0 Å². The molecule has 0 saturated carbocycles. The third-order valence-electron chi connectivity index (χ3n) is 2.06. The van der Waals surface area contributed by atoms with Gasteiger partial charge in [0.15, 0.2) is 0 Å². The summed E-state index contributed by atoms with van der Waals surface area (Å²) in [6.45, 7) is 4.35. The number of hydrogen-bond donors (Lipinski definition) is 0. The SMILES string of the molecule is CC(C)c1cncc2cccn12. The van der Waals surface area contributed by atoms with Gasteiger partial charge in [-0.25, -0.2) is 0 Å². The Morgan fingerprint density at radius 2 is 2.17 bits per heavy atom. The Morgan fingerprint density at radius 3 is 2.92 bits per heavy atom. The lowest BCUT2D eigenvalue weighted by atomic mass is 10.1. The van der Waals surface area contributed by atoms with Gasteiger partial charge in [0.2, 0.25) is 0 Å². The van der Waals surface area contributed by atoms with Gasteiger partial charge >= 0.3 is 0 Å². The first-order chi connectivity index (χ1) is 5.79. The monoisotopic (exact) mass is 160 g/mol. The number of fused-ring (bicyclic) bond motifs is 1. The highest BCUT2D eigenvalue weighted by Crippen LogP contribution is 2.15. The molecule has 12 heavy (non-hydrogen) atoms. The highest BCUT2D eigenvalue weighted by molar-refractivity contribution is 5.46. The Bertz CT molecular complexity index is 387. The minimum Gasteiger partial charge on any atom is -0.318 e. The van der Waals surface area contributed by atoms with Gasteiger partial charge in [-0.05, 0) is 18.1 Å². The number of aromatic nitrogens is 2. The van der Waals surface area contributed by atoms with E-state index >= 15 is 0 Å². The standard InChI is InChI=1S/C10H12N2/c1-8(2)10-7-11-6-9-4-3-5-12(9)10/h3-8H,1-2H3. The first-order valence-corrected chi connectivity index (χ1v) is 4.20. The van der Waals surface area contributed by atoms with Crippen LogP contribution in [0.15, 0.2) is 30.7 Å². The van der Waals surface area contributed by atoms with Crippen LogP contribution >= 0.6 is 0 Å². The summed E-state index contributed by atoms with van der Waals surface area (Å²) in [5.74, 6) is 0.522. The lowest BCUT2D eigenvalue weighted by molar-refractivity contribution is 0.792. The summed E-state index contributed by atoms with van der Waals surface area (Å²) in [5, 5.41) is 0. The molecular formula is C10H12N2. The normalized spacial score (nSPS) is 11.2. The lowest BCUT2D eigenvalue weighted by Crippen LogP contribution is -1.98. The highest BCUT2D eigenvalue weighted by Gasteiger charge is 2.03. The maximum absolute atomic E-state index is 4.19. The number of rotatable bonds is 1. The minimum absolute atomic E-state index is 0.522. The van der Waals surface area contributed by atoms with Crippen molar-refractivity contribution in [3.63, 3.8) is 0 Å². The molecule has 0 aliphatic heterocycles. The molecule has 2 aromatic rings. The smallest absolute Gasteiger partial charge is 0.0636 e. The van der Waals surface area contributed by atoms with Crippen molar-refractivity contribution in [3.05, 3.63) is 36.4 Å². The van der Waals surface area contributed by atoms with E-state index in [1.165, 1.54) is 11.2 Å². The molecule has 62 valence electrons. The van der Waals surface area contributed by atoms with Gasteiger partial charge in [-0.3, -0.25) is 4.98 Å². The lowest BCUT2D eigenvalue weighted by Gasteiger charge is -2.07. The molecule has 0 aliphatic carbocycles. The zero-order valence-electron chi connectivity index (χ0n) is 7.36. The van der Waals surface area contributed by atoms with Crippen LogP contribution in [0.2, 0.25) is 0 Å². The molecule has 0 bridgehead atoms. The predicted molar refractivity (Wildman–Crippen MR) is 49.3 cm³/mol. The van der Waals surface area contributed by atoms with E-state index in [0.717, 1.165) is 0 Å². The van der Waals surface area contributed by atoms with Gasteiger partial charge < -0.3 is 4.40 Å². The fourth-order valence-electron chi connectivity index (χ4n) is 1.41. The third-order valence-corrected chi connectivity index (χ3v) is 2.06. The molecule has 2 rings (SSSR count). The maximum Gasteiger partial charge on any atom is 0.0636 e. The molecule has 2 heterocycles. The summed E-state index contributed by atoms with van der Waals surface area (Å²) >= 11 is 0. The maximum atomic E-state index is 4.19.